The van der Waals surface area contributed by atoms with Crippen LogP contribution in [0.15, 0.2) is 54.7 Å². The maximum Gasteiger partial charge on any atom is 0.326 e. The number of hydrogen-bond donors (Lipinski definition) is 4. The maximum atomic E-state index is 12.5. The number of para-hydroxylation sites is 1. The van der Waals surface area contributed by atoms with Gasteiger partial charge in [0, 0.05) is 42.3 Å². The van der Waals surface area contributed by atoms with Gasteiger partial charge in [-0.2, -0.15) is 0 Å². The summed E-state index contributed by atoms with van der Waals surface area (Å²) >= 11 is 0. The molecule has 2 amide bonds. The van der Waals surface area contributed by atoms with E-state index in [4.69, 9.17) is 4.74 Å². The molecule has 4 rings (SSSR count). The second-order valence-electron chi connectivity index (χ2n) is 7.98. The summed E-state index contributed by atoms with van der Waals surface area (Å²) in [5.41, 5.74) is 3.85. The normalized spacial score (nSPS) is 15.8. The van der Waals surface area contributed by atoms with Crippen molar-refractivity contribution in [2.75, 3.05) is 31.2 Å². The molecule has 4 N–H and O–H groups in total. The molecule has 1 aromatic heterocycles. The fraction of sp³-hybridized carbons (Fsp3) is 0.333. The topological polar surface area (TPSA) is 107 Å². The van der Waals surface area contributed by atoms with Gasteiger partial charge in [0.05, 0.1) is 19.3 Å². The zero-order valence-electron chi connectivity index (χ0n) is 18.0. The molecular weight excluding hydrogens is 408 g/mol. The molecule has 1 saturated heterocycles. The molecule has 168 valence electrons. The summed E-state index contributed by atoms with van der Waals surface area (Å²) in [5.74, 6) is -1.08. The summed E-state index contributed by atoms with van der Waals surface area (Å²) < 4.78 is 5.39. The Morgan fingerprint density at radius 3 is 2.53 bits per heavy atom. The average molecular weight is 437 g/mol. The van der Waals surface area contributed by atoms with Gasteiger partial charge in [0.25, 0.3) is 0 Å². The molecule has 1 unspecified atom stereocenters. The van der Waals surface area contributed by atoms with Crippen molar-refractivity contribution in [2.24, 2.45) is 0 Å². The highest BCUT2D eigenvalue weighted by molar-refractivity contribution is 5.86. The number of hydrogen-bond acceptors (Lipinski definition) is 4. The first-order valence-corrected chi connectivity index (χ1v) is 10.8. The lowest BCUT2D eigenvalue weighted by atomic mass is 10.1. The Morgan fingerprint density at radius 2 is 1.81 bits per heavy atom. The van der Waals surface area contributed by atoms with Crippen molar-refractivity contribution in [3.63, 3.8) is 0 Å². The zero-order valence-corrected chi connectivity index (χ0v) is 18.0. The van der Waals surface area contributed by atoms with Gasteiger partial charge in [0.1, 0.15) is 6.04 Å². The van der Waals surface area contributed by atoms with E-state index in [1.54, 1.807) is 6.20 Å². The van der Waals surface area contributed by atoms with Crippen LogP contribution in [0, 0.1) is 0 Å². The third-order valence-corrected chi connectivity index (χ3v) is 5.82. The number of H-pyrrole nitrogens is 1. The van der Waals surface area contributed by atoms with Crippen molar-refractivity contribution in [1.29, 1.82) is 0 Å². The standard InChI is InChI=1S/C24H28N4O4/c1-16(17-6-8-19(9-7-17)28-10-12-32-13-11-28)26-24(31)27-22(23(29)30)14-18-15-25-21-5-3-2-4-20(18)21/h2-9,15-16,22,25H,10-14H2,1H3,(H,29,30)(H2,26,27,31)/t16?,22-/m0/s1. The van der Waals surface area contributed by atoms with Gasteiger partial charge in [0.15, 0.2) is 0 Å². The summed E-state index contributed by atoms with van der Waals surface area (Å²) in [6.45, 7) is 5.05. The number of aromatic nitrogens is 1. The van der Waals surface area contributed by atoms with Crippen LogP contribution in [0.1, 0.15) is 24.1 Å². The molecule has 32 heavy (non-hydrogen) atoms. The van der Waals surface area contributed by atoms with Crippen LogP contribution < -0.4 is 15.5 Å². The van der Waals surface area contributed by atoms with Gasteiger partial charge in [-0.3, -0.25) is 0 Å². The summed E-state index contributed by atoms with van der Waals surface area (Å²) in [4.78, 5) is 29.7. The number of anilines is 1. The number of fused-ring (bicyclic) bond motifs is 1. The lowest BCUT2D eigenvalue weighted by Gasteiger charge is -2.29. The minimum Gasteiger partial charge on any atom is -0.480 e. The molecule has 8 nitrogen and oxygen atoms in total. The largest absolute Gasteiger partial charge is 0.480 e. The first kappa shape index (κ1) is 21.7. The number of aliphatic carboxylic acids is 1. The SMILES string of the molecule is CC(NC(=O)N[C@@H](Cc1c[nH]c2ccccc12)C(=O)O)c1ccc(N2CCOCC2)cc1. The number of amides is 2. The molecule has 1 fully saturated rings. The third kappa shape index (κ3) is 5.03. The van der Waals surface area contributed by atoms with Crippen molar-refractivity contribution >= 4 is 28.6 Å². The van der Waals surface area contributed by atoms with Gasteiger partial charge in [-0.15, -0.1) is 0 Å². The van der Waals surface area contributed by atoms with E-state index in [-0.39, 0.29) is 12.5 Å². The van der Waals surface area contributed by atoms with Crippen LogP contribution in [0.5, 0.6) is 0 Å². The van der Waals surface area contributed by atoms with Crippen molar-refractivity contribution in [1.82, 2.24) is 15.6 Å². The fourth-order valence-electron chi connectivity index (χ4n) is 4.00. The second-order valence-corrected chi connectivity index (χ2v) is 7.98. The predicted molar refractivity (Wildman–Crippen MR) is 123 cm³/mol. The molecule has 2 aromatic carbocycles. The monoisotopic (exact) mass is 436 g/mol. The molecule has 0 spiro atoms. The molecule has 0 bridgehead atoms. The minimum absolute atomic E-state index is 0.190. The van der Waals surface area contributed by atoms with Crippen LogP contribution >= 0.6 is 0 Å². The lowest BCUT2D eigenvalue weighted by molar-refractivity contribution is -0.139. The third-order valence-electron chi connectivity index (χ3n) is 5.82. The number of benzene rings is 2. The van der Waals surface area contributed by atoms with E-state index in [0.29, 0.717) is 0 Å². The number of urea groups is 1. The molecule has 2 heterocycles. The Balaban J connectivity index is 1.36. The highest BCUT2D eigenvalue weighted by atomic mass is 16.5. The van der Waals surface area contributed by atoms with Crippen molar-refractivity contribution < 1.29 is 19.4 Å². The van der Waals surface area contributed by atoms with Crippen LogP contribution in [0.4, 0.5) is 10.5 Å². The molecular formula is C24H28N4O4. The molecule has 2 atom stereocenters. The molecule has 0 aliphatic carbocycles. The van der Waals surface area contributed by atoms with Gasteiger partial charge in [-0.05, 0) is 36.2 Å². The smallest absolute Gasteiger partial charge is 0.326 e. The van der Waals surface area contributed by atoms with Crippen LogP contribution in [-0.4, -0.2) is 54.4 Å². The van der Waals surface area contributed by atoms with Gasteiger partial charge in [-0.1, -0.05) is 30.3 Å². The molecule has 0 radical (unpaired) electrons. The van der Waals surface area contributed by atoms with Crippen LogP contribution in [0.2, 0.25) is 0 Å². The molecule has 8 heteroatoms. The minimum atomic E-state index is -1.08. The Kier molecular flexibility index (Phi) is 6.61. The number of morpholine rings is 1. The van der Waals surface area contributed by atoms with E-state index in [1.165, 1.54) is 0 Å². The Morgan fingerprint density at radius 1 is 1.09 bits per heavy atom. The first-order valence-electron chi connectivity index (χ1n) is 10.8. The highest BCUT2D eigenvalue weighted by Crippen LogP contribution is 2.21. The predicted octanol–water partition coefficient (Wildman–Crippen LogP) is 3.06. The molecule has 3 aromatic rings. The maximum absolute atomic E-state index is 12.5. The van der Waals surface area contributed by atoms with E-state index in [9.17, 15) is 14.7 Å². The summed E-state index contributed by atoms with van der Waals surface area (Å²) in [5, 5.41) is 16.0. The van der Waals surface area contributed by atoms with E-state index in [1.807, 2.05) is 55.5 Å². The molecule has 0 saturated carbocycles. The van der Waals surface area contributed by atoms with Gasteiger partial charge < -0.3 is 30.4 Å². The number of carboxylic acids is 1. The highest BCUT2D eigenvalue weighted by Gasteiger charge is 2.23. The van der Waals surface area contributed by atoms with E-state index < -0.39 is 18.0 Å². The van der Waals surface area contributed by atoms with Crippen molar-refractivity contribution in [3.05, 3.63) is 65.9 Å². The zero-order chi connectivity index (χ0) is 22.5. The van der Waals surface area contributed by atoms with Crippen LogP contribution in [-0.2, 0) is 16.0 Å². The van der Waals surface area contributed by atoms with E-state index >= 15 is 0 Å². The van der Waals surface area contributed by atoms with Gasteiger partial charge in [0.2, 0.25) is 0 Å². The number of carbonyl (C=O) groups excluding carboxylic acids is 1. The first-order chi connectivity index (χ1) is 15.5. The Labute approximate surface area is 186 Å². The Hall–Kier alpha value is -3.52. The number of carbonyl (C=O) groups is 2. The second kappa shape index (κ2) is 9.74. The van der Waals surface area contributed by atoms with E-state index in [2.05, 4.69) is 20.5 Å². The molecule has 1 aliphatic heterocycles. The fourth-order valence-corrected chi connectivity index (χ4v) is 4.00. The number of rotatable bonds is 7. The van der Waals surface area contributed by atoms with Gasteiger partial charge in [-0.25, -0.2) is 9.59 Å². The van der Waals surface area contributed by atoms with E-state index in [0.717, 1.165) is 54.0 Å². The summed E-state index contributed by atoms with van der Waals surface area (Å²) in [6.07, 6.45) is 1.98. The number of carboxylic acid groups (broad SMARTS) is 1. The summed E-state index contributed by atoms with van der Waals surface area (Å²) in [7, 11) is 0. The van der Waals surface area contributed by atoms with Crippen LogP contribution in [0.25, 0.3) is 10.9 Å². The van der Waals surface area contributed by atoms with Crippen molar-refractivity contribution in [2.45, 2.75) is 25.4 Å². The number of nitrogens with one attached hydrogen (secondary N) is 3. The number of nitrogens with zero attached hydrogens (tertiary/aromatic N) is 1. The lowest BCUT2D eigenvalue weighted by Crippen LogP contribution is -2.47. The molecule has 1 aliphatic rings. The summed E-state index contributed by atoms with van der Waals surface area (Å²) in [6, 6.07) is 13.9. The van der Waals surface area contributed by atoms with Gasteiger partial charge >= 0.3 is 12.0 Å². The van der Waals surface area contributed by atoms with Crippen molar-refractivity contribution in [3.8, 4) is 0 Å². The average Bonchev–Trinajstić information content (AvgIpc) is 3.22. The van der Waals surface area contributed by atoms with Crippen LogP contribution in [0.3, 0.4) is 0 Å². The number of aromatic amines is 1. The quantitative estimate of drug-likeness (QED) is 0.455. The number of ether oxygens (including phenoxy) is 1. The Bertz CT molecular complexity index is 1070.